The first-order chi connectivity index (χ1) is 18.1. The number of hydrogen-bond donors (Lipinski definition) is 0. The Morgan fingerprint density at radius 1 is 0.921 bits per heavy atom. The molecule has 1 atom stereocenters. The molecule has 1 saturated heterocycles. The predicted molar refractivity (Wildman–Crippen MR) is 155 cm³/mol. The van der Waals surface area contributed by atoms with Crippen molar-refractivity contribution in [2.45, 2.75) is 51.5 Å². The van der Waals surface area contributed by atoms with Gasteiger partial charge in [0.15, 0.2) is 0 Å². The highest BCUT2D eigenvalue weighted by Gasteiger charge is 2.47. The molecule has 38 heavy (non-hydrogen) atoms. The van der Waals surface area contributed by atoms with Crippen LogP contribution in [0.1, 0.15) is 50.3 Å². The molecule has 0 aliphatic carbocycles. The van der Waals surface area contributed by atoms with E-state index in [-0.39, 0.29) is 22.7 Å². The lowest BCUT2D eigenvalue weighted by Crippen LogP contribution is -2.56. The molecule has 200 valence electrons. The summed E-state index contributed by atoms with van der Waals surface area (Å²) in [7, 11) is 0. The largest absolute Gasteiger partial charge is 0.369 e. The first-order valence-corrected chi connectivity index (χ1v) is 13.9. The maximum absolute atomic E-state index is 13.9. The van der Waals surface area contributed by atoms with Gasteiger partial charge in [0.1, 0.15) is 5.82 Å². The van der Waals surface area contributed by atoms with Crippen molar-refractivity contribution in [3.05, 3.63) is 94.3 Å². The summed E-state index contributed by atoms with van der Waals surface area (Å²) < 4.78 is 13.3. The molecule has 3 aromatic carbocycles. The Labute approximate surface area is 231 Å². The molecule has 2 heterocycles. The van der Waals surface area contributed by atoms with E-state index in [1.54, 1.807) is 0 Å². The number of benzene rings is 3. The zero-order valence-corrected chi connectivity index (χ0v) is 23.6. The zero-order chi connectivity index (χ0) is 27.1. The number of nitrogens with zero attached hydrogens (tertiary/aromatic N) is 3. The van der Waals surface area contributed by atoms with Crippen LogP contribution < -0.4 is 9.80 Å². The normalized spacial score (nSPS) is 21.3. The van der Waals surface area contributed by atoms with Gasteiger partial charge in [-0.25, -0.2) is 4.39 Å². The second-order valence-electron chi connectivity index (χ2n) is 11.6. The van der Waals surface area contributed by atoms with Crippen LogP contribution in [-0.4, -0.2) is 49.1 Å². The fourth-order valence-corrected chi connectivity index (χ4v) is 6.58. The van der Waals surface area contributed by atoms with Crippen molar-refractivity contribution in [1.82, 2.24) is 4.90 Å². The smallest absolute Gasteiger partial charge is 0.228 e. The molecule has 5 rings (SSSR count). The summed E-state index contributed by atoms with van der Waals surface area (Å²) in [4.78, 5) is 20.6. The summed E-state index contributed by atoms with van der Waals surface area (Å²) in [6, 6.07) is 21.4. The summed E-state index contributed by atoms with van der Waals surface area (Å²) in [6.45, 7) is 13.0. The van der Waals surface area contributed by atoms with Crippen LogP contribution in [0, 0.1) is 12.7 Å². The number of carbonyl (C=O) groups excluding carboxylic acids is 1. The average molecular weight is 534 g/mol. The SMILES string of the molecule is Cc1ccc2c(c1)N(C(=O)CCN1CCN(c3ccc(F)cc3)CC1)C(C)(C)CC2(C)c1ccc(Cl)cc1. The van der Waals surface area contributed by atoms with Crippen molar-refractivity contribution in [3.8, 4) is 0 Å². The van der Waals surface area contributed by atoms with E-state index < -0.39 is 0 Å². The van der Waals surface area contributed by atoms with E-state index in [9.17, 15) is 9.18 Å². The Kier molecular flexibility index (Phi) is 7.27. The maximum atomic E-state index is 13.9. The molecular formula is C32H37ClFN3O. The summed E-state index contributed by atoms with van der Waals surface area (Å²) in [6.07, 6.45) is 1.30. The molecule has 0 bridgehead atoms. The molecule has 0 saturated carbocycles. The Balaban J connectivity index is 1.32. The van der Waals surface area contributed by atoms with E-state index in [2.05, 4.69) is 72.7 Å². The first-order valence-electron chi connectivity index (χ1n) is 13.5. The molecule has 0 radical (unpaired) electrons. The molecule has 3 aromatic rings. The van der Waals surface area contributed by atoms with Gasteiger partial charge in [-0.15, -0.1) is 0 Å². The predicted octanol–water partition coefficient (Wildman–Crippen LogP) is 6.82. The summed E-state index contributed by atoms with van der Waals surface area (Å²) in [5.74, 6) is -0.0437. The van der Waals surface area contributed by atoms with Crippen LogP contribution >= 0.6 is 11.6 Å². The number of aryl methyl sites for hydroxylation is 1. The molecule has 2 aliphatic heterocycles. The van der Waals surface area contributed by atoms with Crippen molar-refractivity contribution >= 4 is 28.9 Å². The third-order valence-corrected chi connectivity index (χ3v) is 8.57. The highest BCUT2D eigenvalue weighted by molar-refractivity contribution is 6.30. The molecule has 6 heteroatoms. The number of carbonyl (C=O) groups is 1. The second-order valence-corrected chi connectivity index (χ2v) is 12.1. The van der Waals surface area contributed by atoms with Gasteiger partial charge in [-0.05, 0) is 86.3 Å². The topological polar surface area (TPSA) is 26.8 Å². The Morgan fingerprint density at radius 3 is 2.24 bits per heavy atom. The molecule has 2 aliphatic rings. The van der Waals surface area contributed by atoms with Crippen molar-refractivity contribution in [2.75, 3.05) is 42.5 Å². The molecule has 1 unspecified atom stereocenters. The minimum absolute atomic E-state index is 0.168. The Morgan fingerprint density at radius 2 is 1.58 bits per heavy atom. The van der Waals surface area contributed by atoms with Gasteiger partial charge >= 0.3 is 0 Å². The fraction of sp³-hybridized carbons (Fsp3) is 0.406. The molecular weight excluding hydrogens is 497 g/mol. The third-order valence-electron chi connectivity index (χ3n) is 8.32. The molecule has 1 fully saturated rings. The van der Waals surface area contributed by atoms with Crippen molar-refractivity contribution < 1.29 is 9.18 Å². The monoisotopic (exact) mass is 533 g/mol. The van der Waals surface area contributed by atoms with Gasteiger partial charge in [0.05, 0.1) is 0 Å². The van der Waals surface area contributed by atoms with Crippen molar-refractivity contribution in [2.24, 2.45) is 0 Å². The summed E-state index contributed by atoms with van der Waals surface area (Å²) >= 11 is 6.21. The van der Waals surface area contributed by atoms with E-state index in [0.29, 0.717) is 6.42 Å². The lowest BCUT2D eigenvalue weighted by Gasteiger charge is -2.51. The number of halogens is 2. The van der Waals surface area contributed by atoms with E-state index in [1.165, 1.54) is 23.3 Å². The minimum atomic E-state index is -0.354. The van der Waals surface area contributed by atoms with E-state index in [4.69, 9.17) is 11.6 Å². The number of piperazine rings is 1. The molecule has 0 aromatic heterocycles. The number of rotatable bonds is 5. The van der Waals surface area contributed by atoms with Gasteiger partial charge in [0, 0.05) is 66.5 Å². The van der Waals surface area contributed by atoms with E-state index in [0.717, 1.165) is 61.1 Å². The molecule has 4 nitrogen and oxygen atoms in total. The number of anilines is 2. The molecule has 0 N–H and O–H groups in total. The number of fused-ring (bicyclic) bond motifs is 1. The fourth-order valence-electron chi connectivity index (χ4n) is 6.45. The van der Waals surface area contributed by atoms with Crippen LogP contribution in [0.2, 0.25) is 5.02 Å². The van der Waals surface area contributed by atoms with Gasteiger partial charge in [0.2, 0.25) is 5.91 Å². The van der Waals surface area contributed by atoms with Crippen molar-refractivity contribution in [3.63, 3.8) is 0 Å². The maximum Gasteiger partial charge on any atom is 0.228 e. The first kappa shape index (κ1) is 26.7. The van der Waals surface area contributed by atoms with E-state index in [1.807, 2.05) is 24.3 Å². The standard InChI is InChI=1S/C32H37ClFN3O/c1-23-5-14-28-29(21-23)37(31(2,3)22-32(28,4)24-6-8-25(33)9-7-24)30(38)15-16-35-17-19-36(20-18-35)27-12-10-26(34)11-13-27/h5-14,21H,15-20,22H2,1-4H3. The average Bonchev–Trinajstić information content (AvgIpc) is 2.88. The van der Waals surface area contributed by atoms with Crippen LogP contribution in [-0.2, 0) is 10.2 Å². The second kappa shape index (κ2) is 10.3. The van der Waals surface area contributed by atoms with E-state index >= 15 is 0 Å². The van der Waals surface area contributed by atoms with Crippen molar-refractivity contribution in [1.29, 1.82) is 0 Å². The number of amides is 1. The van der Waals surface area contributed by atoms with Crippen LogP contribution in [0.4, 0.5) is 15.8 Å². The Bertz CT molecular complexity index is 1300. The lowest BCUT2D eigenvalue weighted by atomic mass is 9.65. The highest BCUT2D eigenvalue weighted by Crippen LogP contribution is 2.51. The Hall–Kier alpha value is -2.89. The van der Waals surface area contributed by atoms with Crippen LogP contribution in [0.5, 0.6) is 0 Å². The van der Waals surface area contributed by atoms with Gasteiger partial charge in [-0.1, -0.05) is 42.8 Å². The van der Waals surface area contributed by atoms with Crippen LogP contribution in [0.3, 0.4) is 0 Å². The quantitative estimate of drug-likeness (QED) is 0.360. The minimum Gasteiger partial charge on any atom is -0.369 e. The molecule has 1 amide bonds. The van der Waals surface area contributed by atoms with Gasteiger partial charge in [0.25, 0.3) is 0 Å². The van der Waals surface area contributed by atoms with Gasteiger partial charge < -0.3 is 9.80 Å². The van der Waals surface area contributed by atoms with Gasteiger partial charge in [-0.2, -0.15) is 0 Å². The zero-order valence-electron chi connectivity index (χ0n) is 22.8. The number of hydrogen-bond acceptors (Lipinski definition) is 3. The molecule has 0 spiro atoms. The van der Waals surface area contributed by atoms with Gasteiger partial charge in [-0.3, -0.25) is 9.69 Å². The highest BCUT2D eigenvalue weighted by atomic mass is 35.5. The lowest BCUT2D eigenvalue weighted by molar-refractivity contribution is -0.120. The summed E-state index contributed by atoms with van der Waals surface area (Å²) in [5.41, 5.74) is 5.03. The van der Waals surface area contributed by atoms with Crippen LogP contribution in [0.15, 0.2) is 66.7 Å². The third kappa shape index (κ3) is 5.19. The summed E-state index contributed by atoms with van der Waals surface area (Å²) in [5, 5.41) is 0.729. The van der Waals surface area contributed by atoms with Crippen LogP contribution in [0.25, 0.3) is 0 Å².